The van der Waals surface area contributed by atoms with E-state index >= 15 is 0 Å². The Hall–Kier alpha value is -1.93. The minimum atomic E-state index is -0.917. The molecule has 2 aromatic rings. The molecular formula is C20H26FN3O3S. The Bertz CT molecular complexity index is 915. The Kier molecular flexibility index (Phi) is 5.18. The number of ether oxygens (including phenoxy) is 2. The second-order valence-electron chi connectivity index (χ2n) is 7.70. The Labute approximate surface area is 167 Å². The monoisotopic (exact) mass is 407 g/mol. The second-order valence-corrected chi connectivity index (χ2v) is 9.07. The summed E-state index contributed by atoms with van der Waals surface area (Å²) in [5, 5.41) is 0.733. The fraction of sp³-hybridized carbons (Fsp3) is 0.550. The molecule has 2 aliphatic rings. The maximum absolute atomic E-state index is 14.8. The van der Waals surface area contributed by atoms with Crippen LogP contribution in [0.1, 0.15) is 19.3 Å². The Morgan fingerprint density at radius 2 is 1.75 bits per heavy atom. The summed E-state index contributed by atoms with van der Waals surface area (Å²) in [6.45, 7) is 3.30. The van der Waals surface area contributed by atoms with Gasteiger partial charge in [-0.3, -0.25) is 4.98 Å². The highest BCUT2D eigenvalue weighted by Gasteiger charge is 2.42. The van der Waals surface area contributed by atoms with Crippen LogP contribution in [0.5, 0.6) is 11.5 Å². The van der Waals surface area contributed by atoms with Crippen molar-refractivity contribution in [2.75, 3.05) is 51.6 Å². The molecule has 1 aromatic carbocycles. The minimum Gasteiger partial charge on any atom is -0.493 e. The van der Waals surface area contributed by atoms with Crippen LogP contribution < -0.4 is 14.4 Å². The van der Waals surface area contributed by atoms with E-state index in [-0.39, 0.29) is 11.2 Å². The van der Waals surface area contributed by atoms with Gasteiger partial charge in [0.1, 0.15) is 0 Å². The van der Waals surface area contributed by atoms with Crippen molar-refractivity contribution in [2.24, 2.45) is 5.41 Å². The van der Waals surface area contributed by atoms with Crippen molar-refractivity contribution in [1.82, 2.24) is 9.29 Å². The molecule has 1 aromatic heterocycles. The van der Waals surface area contributed by atoms with Crippen molar-refractivity contribution in [3.8, 4) is 11.5 Å². The molecule has 0 N–H and O–H groups in total. The molecule has 0 aliphatic carbocycles. The zero-order chi connectivity index (χ0) is 19.9. The third-order valence-corrected chi connectivity index (χ3v) is 7.25. The van der Waals surface area contributed by atoms with E-state index < -0.39 is 11.0 Å². The van der Waals surface area contributed by atoms with Gasteiger partial charge in [-0.1, -0.05) is 0 Å². The van der Waals surface area contributed by atoms with Crippen LogP contribution in [-0.2, 0) is 11.0 Å². The van der Waals surface area contributed by atoms with Crippen LogP contribution in [0.3, 0.4) is 0 Å². The maximum Gasteiger partial charge on any atom is 0.165 e. The average molecular weight is 408 g/mol. The highest BCUT2D eigenvalue weighted by atomic mass is 32.2. The van der Waals surface area contributed by atoms with Gasteiger partial charge in [-0.15, -0.1) is 0 Å². The molecule has 0 amide bonds. The molecule has 8 heteroatoms. The summed E-state index contributed by atoms with van der Waals surface area (Å²) in [5.41, 5.74) is 1.46. The molecule has 0 saturated carbocycles. The molecule has 28 heavy (non-hydrogen) atoms. The van der Waals surface area contributed by atoms with Crippen molar-refractivity contribution in [2.45, 2.75) is 19.3 Å². The third kappa shape index (κ3) is 3.33. The van der Waals surface area contributed by atoms with Gasteiger partial charge in [-0.2, -0.15) is 0 Å². The Morgan fingerprint density at radius 1 is 1.11 bits per heavy atom. The number of benzene rings is 1. The van der Waals surface area contributed by atoms with Gasteiger partial charge in [0.05, 0.1) is 42.6 Å². The molecule has 1 spiro atoms. The molecular weight excluding hydrogens is 381 g/mol. The van der Waals surface area contributed by atoms with Crippen molar-refractivity contribution in [1.29, 1.82) is 0 Å². The first-order valence-electron chi connectivity index (χ1n) is 9.50. The van der Waals surface area contributed by atoms with E-state index in [1.165, 1.54) is 6.20 Å². The zero-order valence-electron chi connectivity index (χ0n) is 16.5. The average Bonchev–Trinajstić information content (AvgIpc) is 3.12. The number of hydrogen-bond acceptors (Lipinski definition) is 5. The van der Waals surface area contributed by atoms with Gasteiger partial charge in [-0.25, -0.2) is 12.9 Å². The van der Waals surface area contributed by atoms with Crippen molar-refractivity contribution in [3.05, 3.63) is 24.1 Å². The summed E-state index contributed by atoms with van der Waals surface area (Å²) < 4.78 is 39.5. The van der Waals surface area contributed by atoms with Gasteiger partial charge in [0.2, 0.25) is 0 Å². The molecule has 2 aliphatic heterocycles. The summed E-state index contributed by atoms with van der Waals surface area (Å²) in [6, 6.07) is 3.59. The number of aromatic nitrogens is 1. The first kappa shape index (κ1) is 19.4. The molecule has 2 fully saturated rings. The predicted molar refractivity (Wildman–Crippen MR) is 109 cm³/mol. The molecule has 2 saturated heterocycles. The van der Waals surface area contributed by atoms with Crippen LogP contribution in [0.15, 0.2) is 18.3 Å². The number of nitrogens with zero attached hydrogens (tertiary/aromatic N) is 3. The van der Waals surface area contributed by atoms with Crippen LogP contribution in [-0.4, -0.2) is 60.2 Å². The van der Waals surface area contributed by atoms with Gasteiger partial charge < -0.3 is 14.4 Å². The fourth-order valence-corrected chi connectivity index (χ4v) is 5.33. The lowest BCUT2D eigenvalue weighted by Gasteiger charge is -2.40. The number of rotatable bonds is 4. The van der Waals surface area contributed by atoms with E-state index in [2.05, 4.69) is 14.2 Å². The molecule has 0 radical (unpaired) electrons. The lowest BCUT2D eigenvalue weighted by Crippen LogP contribution is -2.42. The quantitative estimate of drug-likeness (QED) is 0.780. The summed E-state index contributed by atoms with van der Waals surface area (Å²) in [7, 11) is 2.23. The summed E-state index contributed by atoms with van der Waals surface area (Å²) in [5.74, 6) is 0.823. The van der Waals surface area contributed by atoms with Crippen molar-refractivity contribution >= 4 is 27.6 Å². The number of halogens is 1. The number of hydrogen-bond donors (Lipinski definition) is 0. The van der Waals surface area contributed by atoms with Gasteiger partial charge in [0.15, 0.2) is 17.3 Å². The SMILES string of the molecule is COc1cc2ncc(F)c(N3CCC4(CC3)CCN(S(C)=O)C4)c2cc1OC. The lowest BCUT2D eigenvalue weighted by molar-refractivity contribution is 0.236. The number of anilines is 1. The largest absolute Gasteiger partial charge is 0.493 e. The number of piperidine rings is 1. The molecule has 4 rings (SSSR count). The zero-order valence-corrected chi connectivity index (χ0v) is 17.4. The Balaban J connectivity index is 1.63. The first-order chi connectivity index (χ1) is 13.5. The summed E-state index contributed by atoms with van der Waals surface area (Å²) in [4.78, 5) is 6.36. The van der Waals surface area contributed by atoms with Gasteiger partial charge in [0, 0.05) is 43.9 Å². The molecule has 1 atom stereocenters. The van der Waals surface area contributed by atoms with Crippen LogP contribution >= 0.6 is 0 Å². The molecule has 0 bridgehead atoms. The van der Waals surface area contributed by atoms with Gasteiger partial charge >= 0.3 is 0 Å². The fourth-order valence-electron chi connectivity index (χ4n) is 4.53. The van der Waals surface area contributed by atoms with E-state index in [0.717, 1.165) is 50.8 Å². The van der Waals surface area contributed by atoms with E-state index in [9.17, 15) is 8.60 Å². The smallest absolute Gasteiger partial charge is 0.165 e. The van der Waals surface area contributed by atoms with Crippen LogP contribution in [0.2, 0.25) is 0 Å². The predicted octanol–water partition coefficient (Wildman–Crippen LogP) is 2.98. The number of methoxy groups -OCH3 is 2. The van der Waals surface area contributed by atoms with Crippen LogP contribution in [0.4, 0.5) is 10.1 Å². The van der Waals surface area contributed by atoms with Crippen LogP contribution in [0, 0.1) is 11.2 Å². The van der Waals surface area contributed by atoms with Gasteiger partial charge in [-0.05, 0) is 30.7 Å². The minimum absolute atomic E-state index is 0.197. The lowest BCUT2D eigenvalue weighted by atomic mass is 9.77. The topological polar surface area (TPSA) is 54.9 Å². The van der Waals surface area contributed by atoms with Crippen molar-refractivity contribution in [3.63, 3.8) is 0 Å². The van der Waals surface area contributed by atoms with Crippen LogP contribution in [0.25, 0.3) is 10.9 Å². The second kappa shape index (κ2) is 7.48. The number of pyridine rings is 1. The first-order valence-corrected chi connectivity index (χ1v) is 11.0. The highest BCUT2D eigenvalue weighted by Crippen LogP contribution is 2.44. The maximum atomic E-state index is 14.8. The molecule has 3 heterocycles. The van der Waals surface area contributed by atoms with E-state index in [0.29, 0.717) is 22.7 Å². The standard InChI is InChI=1S/C20H26FN3O3S/c1-26-17-10-14-16(11-18(17)27-2)22-12-15(21)19(14)23-7-4-20(5-8-23)6-9-24(13-20)28(3)25/h10-12H,4-9,13H2,1-3H3. The number of fused-ring (bicyclic) bond motifs is 1. The summed E-state index contributed by atoms with van der Waals surface area (Å²) >= 11 is 0. The third-order valence-electron chi connectivity index (χ3n) is 6.21. The van der Waals surface area contributed by atoms with E-state index in [1.54, 1.807) is 26.5 Å². The Morgan fingerprint density at radius 3 is 2.36 bits per heavy atom. The van der Waals surface area contributed by atoms with Gasteiger partial charge in [0.25, 0.3) is 0 Å². The van der Waals surface area contributed by atoms with E-state index in [1.807, 2.05) is 6.07 Å². The highest BCUT2D eigenvalue weighted by molar-refractivity contribution is 7.81. The van der Waals surface area contributed by atoms with Crippen molar-refractivity contribution < 1.29 is 18.1 Å². The summed E-state index contributed by atoms with van der Waals surface area (Å²) in [6.07, 6.45) is 6.03. The molecule has 6 nitrogen and oxygen atoms in total. The molecule has 1 unspecified atom stereocenters. The normalized spacial score (nSPS) is 20.6. The van der Waals surface area contributed by atoms with E-state index in [4.69, 9.17) is 9.47 Å². The molecule has 152 valence electrons.